The second-order valence-corrected chi connectivity index (χ2v) is 6.86. The van der Waals surface area contributed by atoms with Crippen LogP contribution in [0.1, 0.15) is 12.5 Å². The number of hydrogen-bond acceptors (Lipinski definition) is 3. The third-order valence-corrected chi connectivity index (χ3v) is 5.16. The number of carbonyl (C=O) groups is 1. The van der Waals surface area contributed by atoms with Crippen molar-refractivity contribution in [2.24, 2.45) is 0 Å². The Kier molecular flexibility index (Phi) is 5.61. The molecule has 1 fully saturated rings. The van der Waals surface area contributed by atoms with Crippen molar-refractivity contribution < 1.29 is 4.79 Å². The smallest absolute Gasteiger partial charge is 0.241 e. The molecule has 0 spiro atoms. The van der Waals surface area contributed by atoms with Gasteiger partial charge in [-0.05, 0) is 37.6 Å². The van der Waals surface area contributed by atoms with Crippen molar-refractivity contribution in [3.63, 3.8) is 0 Å². The van der Waals surface area contributed by atoms with Crippen LogP contribution in [0.25, 0.3) is 0 Å². The number of nitrogens with one attached hydrogen (secondary N) is 1. The van der Waals surface area contributed by atoms with E-state index in [1.165, 1.54) is 0 Å². The molecule has 1 heterocycles. The fourth-order valence-electron chi connectivity index (χ4n) is 3.17. The van der Waals surface area contributed by atoms with Gasteiger partial charge in [-0.3, -0.25) is 9.69 Å². The van der Waals surface area contributed by atoms with Crippen LogP contribution in [-0.4, -0.2) is 43.0 Å². The second-order valence-electron chi connectivity index (χ2n) is 6.45. The molecule has 2 aromatic carbocycles. The molecule has 4 nitrogen and oxygen atoms in total. The van der Waals surface area contributed by atoms with Gasteiger partial charge in [0.1, 0.15) is 0 Å². The summed E-state index contributed by atoms with van der Waals surface area (Å²) in [5, 5.41) is 3.82. The van der Waals surface area contributed by atoms with Crippen molar-refractivity contribution in [1.29, 1.82) is 0 Å². The van der Waals surface area contributed by atoms with Gasteiger partial charge in [-0.2, -0.15) is 0 Å². The van der Waals surface area contributed by atoms with E-state index in [1.54, 1.807) is 0 Å². The summed E-state index contributed by atoms with van der Waals surface area (Å²) in [5.74, 6) is 0.0421. The van der Waals surface area contributed by atoms with Gasteiger partial charge in [0.25, 0.3) is 0 Å². The molecule has 1 saturated heterocycles. The van der Waals surface area contributed by atoms with Crippen LogP contribution in [0, 0.1) is 6.92 Å². The van der Waals surface area contributed by atoms with Gasteiger partial charge in [0.05, 0.1) is 16.8 Å². The first-order valence-electron chi connectivity index (χ1n) is 8.66. The molecule has 5 heteroatoms. The minimum atomic E-state index is -0.159. The van der Waals surface area contributed by atoms with Crippen molar-refractivity contribution in [3.8, 4) is 0 Å². The van der Waals surface area contributed by atoms with Gasteiger partial charge in [-0.25, -0.2) is 0 Å². The van der Waals surface area contributed by atoms with Gasteiger partial charge in [-0.1, -0.05) is 41.9 Å². The molecule has 0 bridgehead atoms. The van der Waals surface area contributed by atoms with Gasteiger partial charge in [0.2, 0.25) is 5.91 Å². The number of rotatable bonds is 4. The first kappa shape index (κ1) is 17.8. The highest BCUT2D eigenvalue weighted by atomic mass is 35.5. The highest BCUT2D eigenvalue weighted by Gasteiger charge is 2.26. The minimum Gasteiger partial charge on any atom is -0.368 e. The Bertz CT molecular complexity index is 741. The average Bonchev–Trinajstić information content (AvgIpc) is 2.63. The lowest BCUT2D eigenvalue weighted by atomic mass is 10.1. The summed E-state index contributed by atoms with van der Waals surface area (Å²) in [4.78, 5) is 17.1. The monoisotopic (exact) mass is 357 g/mol. The molecule has 25 heavy (non-hydrogen) atoms. The molecule has 1 aliphatic heterocycles. The average molecular weight is 358 g/mol. The lowest BCUT2D eigenvalue weighted by molar-refractivity contribution is -0.120. The maximum atomic E-state index is 12.6. The highest BCUT2D eigenvalue weighted by Crippen LogP contribution is 2.26. The molecule has 2 aromatic rings. The summed E-state index contributed by atoms with van der Waals surface area (Å²) < 4.78 is 0. The Balaban J connectivity index is 1.58. The number of benzene rings is 2. The van der Waals surface area contributed by atoms with Crippen LogP contribution in [0.15, 0.2) is 48.5 Å². The molecular formula is C20H24ClN3O. The molecule has 0 aromatic heterocycles. The van der Waals surface area contributed by atoms with Gasteiger partial charge < -0.3 is 10.2 Å². The summed E-state index contributed by atoms with van der Waals surface area (Å²) in [6.07, 6.45) is 0. The van der Waals surface area contributed by atoms with E-state index >= 15 is 0 Å². The topological polar surface area (TPSA) is 35.6 Å². The Morgan fingerprint density at radius 1 is 1.04 bits per heavy atom. The lowest BCUT2D eigenvalue weighted by Crippen LogP contribution is -2.52. The predicted molar refractivity (Wildman–Crippen MR) is 105 cm³/mol. The number of piperazine rings is 1. The van der Waals surface area contributed by atoms with E-state index in [1.807, 2.05) is 62.4 Å². The third kappa shape index (κ3) is 4.14. The van der Waals surface area contributed by atoms with E-state index in [9.17, 15) is 4.79 Å². The van der Waals surface area contributed by atoms with Crippen molar-refractivity contribution in [2.45, 2.75) is 19.9 Å². The van der Waals surface area contributed by atoms with Crippen LogP contribution < -0.4 is 10.2 Å². The number of para-hydroxylation sites is 2. The lowest BCUT2D eigenvalue weighted by Gasteiger charge is -2.38. The number of anilines is 2. The SMILES string of the molecule is Cc1ccccc1NC(=O)C(C)N1CCN(c2ccccc2Cl)CC1. The predicted octanol–water partition coefficient (Wildman–Crippen LogP) is 3.80. The van der Waals surface area contributed by atoms with E-state index in [4.69, 9.17) is 11.6 Å². The van der Waals surface area contributed by atoms with E-state index in [0.717, 1.165) is 48.1 Å². The summed E-state index contributed by atoms with van der Waals surface area (Å²) in [6.45, 7) is 7.39. The fourth-order valence-corrected chi connectivity index (χ4v) is 3.43. The van der Waals surface area contributed by atoms with Crippen LogP contribution in [0.4, 0.5) is 11.4 Å². The Hall–Kier alpha value is -2.04. The van der Waals surface area contributed by atoms with Gasteiger partial charge in [0, 0.05) is 31.9 Å². The maximum absolute atomic E-state index is 12.6. The van der Waals surface area contributed by atoms with E-state index in [2.05, 4.69) is 15.1 Å². The fraction of sp³-hybridized carbons (Fsp3) is 0.350. The molecule has 1 aliphatic rings. The summed E-state index contributed by atoms with van der Waals surface area (Å²) >= 11 is 6.29. The third-order valence-electron chi connectivity index (χ3n) is 4.84. The van der Waals surface area contributed by atoms with Crippen LogP contribution in [-0.2, 0) is 4.79 Å². The molecule has 3 rings (SSSR count). The number of aryl methyl sites for hydroxylation is 1. The molecule has 0 aliphatic carbocycles. The van der Waals surface area contributed by atoms with Gasteiger partial charge in [0.15, 0.2) is 0 Å². The maximum Gasteiger partial charge on any atom is 0.241 e. The largest absolute Gasteiger partial charge is 0.368 e. The molecule has 1 atom stereocenters. The second kappa shape index (κ2) is 7.89. The normalized spacial score (nSPS) is 16.5. The van der Waals surface area contributed by atoms with Gasteiger partial charge >= 0.3 is 0 Å². The number of amides is 1. The standard InChI is InChI=1S/C20H24ClN3O/c1-15-7-3-5-9-18(15)22-20(25)16(2)23-11-13-24(14-12-23)19-10-6-4-8-17(19)21/h3-10,16H,11-14H2,1-2H3,(H,22,25). The molecule has 0 radical (unpaired) electrons. The van der Waals surface area contributed by atoms with Crippen LogP contribution in [0.3, 0.4) is 0 Å². The summed E-state index contributed by atoms with van der Waals surface area (Å²) in [6, 6.07) is 15.6. The Morgan fingerprint density at radius 2 is 1.68 bits per heavy atom. The van der Waals surface area contributed by atoms with Crippen LogP contribution >= 0.6 is 11.6 Å². The first-order valence-corrected chi connectivity index (χ1v) is 9.04. The summed E-state index contributed by atoms with van der Waals surface area (Å²) in [5.41, 5.74) is 3.03. The van der Waals surface area contributed by atoms with Crippen LogP contribution in [0.2, 0.25) is 5.02 Å². The van der Waals surface area contributed by atoms with Crippen molar-refractivity contribution in [3.05, 3.63) is 59.1 Å². The molecule has 132 valence electrons. The first-order chi connectivity index (χ1) is 12.1. The molecule has 1 unspecified atom stereocenters. The molecule has 0 saturated carbocycles. The number of nitrogens with zero attached hydrogens (tertiary/aromatic N) is 2. The van der Waals surface area contributed by atoms with Crippen molar-refractivity contribution >= 4 is 28.9 Å². The molecule has 1 N–H and O–H groups in total. The van der Waals surface area contributed by atoms with Crippen molar-refractivity contribution in [2.75, 3.05) is 36.4 Å². The zero-order chi connectivity index (χ0) is 17.8. The van der Waals surface area contributed by atoms with E-state index < -0.39 is 0 Å². The van der Waals surface area contributed by atoms with Gasteiger partial charge in [-0.15, -0.1) is 0 Å². The van der Waals surface area contributed by atoms with Crippen molar-refractivity contribution in [1.82, 2.24) is 4.90 Å². The zero-order valence-corrected chi connectivity index (χ0v) is 15.5. The van der Waals surface area contributed by atoms with E-state index in [-0.39, 0.29) is 11.9 Å². The zero-order valence-electron chi connectivity index (χ0n) is 14.7. The van der Waals surface area contributed by atoms with Crippen LogP contribution in [0.5, 0.6) is 0 Å². The minimum absolute atomic E-state index is 0.0421. The Labute approximate surface area is 154 Å². The summed E-state index contributed by atoms with van der Waals surface area (Å²) in [7, 11) is 0. The quantitative estimate of drug-likeness (QED) is 0.904. The molecule has 1 amide bonds. The van der Waals surface area contributed by atoms with E-state index in [0.29, 0.717) is 0 Å². The molecular weight excluding hydrogens is 334 g/mol. The number of halogens is 1. The Morgan fingerprint density at radius 3 is 2.36 bits per heavy atom. The number of carbonyl (C=O) groups excluding carboxylic acids is 1. The highest BCUT2D eigenvalue weighted by molar-refractivity contribution is 6.33. The number of hydrogen-bond donors (Lipinski definition) is 1.